The fraction of sp³-hybridized carbons (Fsp3) is 0.389. The van der Waals surface area contributed by atoms with Crippen LogP contribution in [0.3, 0.4) is 0 Å². The summed E-state index contributed by atoms with van der Waals surface area (Å²) in [5, 5.41) is 6.68. The van der Waals surface area contributed by atoms with Gasteiger partial charge in [0.05, 0.1) is 18.6 Å². The highest BCUT2D eigenvalue weighted by atomic mass is 32.1. The van der Waals surface area contributed by atoms with E-state index in [0.717, 1.165) is 0 Å². The zero-order valence-corrected chi connectivity index (χ0v) is 17.3. The zero-order chi connectivity index (χ0) is 20.3. The van der Waals surface area contributed by atoms with Gasteiger partial charge in [0.1, 0.15) is 4.88 Å². The van der Waals surface area contributed by atoms with Gasteiger partial charge in [-0.25, -0.2) is 14.8 Å². The zero-order valence-electron chi connectivity index (χ0n) is 16.5. The van der Waals surface area contributed by atoms with Gasteiger partial charge < -0.3 is 14.6 Å². The number of ether oxygens (including phenoxy) is 1. The molecule has 0 fully saturated rings. The van der Waals surface area contributed by atoms with Crippen LogP contribution in [0, 0.1) is 6.92 Å². The van der Waals surface area contributed by atoms with Crippen molar-refractivity contribution in [2.75, 3.05) is 24.3 Å². The predicted molar refractivity (Wildman–Crippen MR) is 110 cm³/mol. The van der Waals surface area contributed by atoms with Crippen LogP contribution in [0.25, 0.3) is 11.2 Å². The van der Waals surface area contributed by atoms with Crippen molar-refractivity contribution in [1.82, 2.24) is 24.5 Å². The third kappa shape index (κ3) is 3.96. The monoisotopic (exact) mass is 401 g/mol. The molecular weight excluding hydrogens is 378 g/mol. The van der Waals surface area contributed by atoms with E-state index < -0.39 is 0 Å². The number of thiazole rings is 1. The Morgan fingerprint density at radius 1 is 1.36 bits per heavy atom. The summed E-state index contributed by atoms with van der Waals surface area (Å²) >= 11 is 1.21. The van der Waals surface area contributed by atoms with E-state index in [2.05, 4.69) is 43.6 Å². The number of carbonyl (C=O) groups is 1. The number of anilines is 3. The van der Waals surface area contributed by atoms with E-state index in [9.17, 15) is 4.79 Å². The number of carbonyl (C=O) groups excluding carboxylic acids is 1. The van der Waals surface area contributed by atoms with Crippen molar-refractivity contribution in [3.63, 3.8) is 0 Å². The maximum absolute atomic E-state index is 12.0. The van der Waals surface area contributed by atoms with Crippen LogP contribution >= 0.6 is 11.3 Å². The van der Waals surface area contributed by atoms with Crippen LogP contribution in [0.1, 0.15) is 36.1 Å². The van der Waals surface area contributed by atoms with E-state index in [1.54, 1.807) is 27.2 Å². The fourth-order valence-electron chi connectivity index (χ4n) is 2.58. The van der Waals surface area contributed by atoms with Crippen LogP contribution in [-0.2, 0) is 11.3 Å². The van der Waals surface area contributed by atoms with Crippen LogP contribution in [0.2, 0.25) is 0 Å². The molecule has 3 heterocycles. The number of esters is 1. The SMILES string of the molecule is C/C=C(\C)Cn1cnc2c(NC)nc(Nc3nc(C)c(C(=O)OCC)s3)nc21. The molecule has 3 rings (SSSR count). The Labute approximate surface area is 166 Å². The molecule has 0 atom stereocenters. The van der Waals surface area contributed by atoms with Crippen LogP contribution in [-0.4, -0.2) is 44.1 Å². The number of hydrogen-bond donors (Lipinski definition) is 2. The fourth-order valence-corrected chi connectivity index (χ4v) is 3.44. The smallest absolute Gasteiger partial charge is 0.350 e. The Morgan fingerprint density at radius 3 is 2.82 bits per heavy atom. The molecule has 3 aromatic rings. The van der Waals surface area contributed by atoms with E-state index in [-0.39, 0.29) is 5.97 Å². The number of aryl methyl sites for hydroxylation is 1. The Morgan fingerprint density at radius 2 is 2.14 bits per heavy atom. The number of rotatable bonds is 7. The van der Waals surface area contributed by atoms with Crippen LogP contribution in [0.15, 0.2) is 18.0 Å². The normalized spacial score (nSPS) is 11.7. The van der Waals surface area contributed by atoms with Crippen LogP contribution < -0.4 is 10.6 Å². The number of nitrogens with zero attached hydrogens (tertiary/aromatic N) is 5. The summed E-state index contributed by atoms with van der Waals surface area (Å²) in [6, 6.07) is 0. The van der Waals surface area contributed by atoms with Crippen molar-refractivity contribution >= 4 is 45.4 Å². The molecule has 3 aromatic heterocycles. The number of nitrogens with one attached hydrogen (secondary N) is 2. The van der Waals surface area contributed by atoms with Crippen LogP contribution in [0.5, 0.6) is 0 Å². The molecule has 148 valence electrons. The van der Waals surface area contributed by atoms with Gasteiger partial charge in [-0.05, 0) is 27.7 Å². The van der Waals surface area contributed by atoms with E-state index >= 15 is 0 Å². The number of hydrogen-bond acceptors (Lipinski definition) is 9. The summed E-state index contributed by atoms with van der Waals surface area (Å²) in [5.74, 6) is 0.613. The third-order valence-electron chi connectivity index (χ3n) is 4.09. The molecular formula is C18H23N7O2S. The maximum Gasteiger partial charge on any atom is 0.350 e. The summed E-state index contributed by atoms with van der Waals surface area (Å²) in [7, 11) is 1.79. The number of imidazole rings is 1. The lowest BCUT2D eigenvalue weighted by molar-refractivity contribution is 0.0531. The van der Waals surface area contributed by atoms with Gasteiger partial charge in [-0.3, -0.25) is 5.32 Å². The Hall–Kier alpha value is -3.01. The predicted octanol–water partition coefficient (Wildman–Crippen LogP) is 3.52. The summed E-state index contributed by atoms with van der Waals surface area (Å²) in [6.45, 7) is 8.61. The minimum atomic E-state index is -0.377. The second-order valence-electron chi connectivity index (χ2n) is 6.10. The molecule has 0 saturated carbocycles. The average molecular weight is 401 g/mol. The van der Waals surface area contributed by atoms with Gasteiger partial charge in [-0.1, -0.05) is 23.0 Å². The minimum Gasteiger partial charge on any atom is -0.462 e. The molecule has 0 saturated heterocycles. The average Bonchev–Trinajstić information content (AvgIpc) is 3.24. The van der Waals surface area contributed by atoms with E-state index in [0.29, 0.717) is 51.8 Å². The molecule has 0 aliphatic rings. The highest BCUT2D eigenvalue weighted by Gasteiger charge is 2.18. The molecule has 0 spiro atoms. The second kappa shape index (κ2) is 8.34. The molecule has 0 unspecified atom stereocenters. The highest BCUT2D eigenvalue weighted by molar-refractivity contribution is 7.17. The Bertz CT molecular complexity index is 1040. The standard InChI is InChI=1S/C18H23N7O2S/c1-6-10(3)8-25-9-20-12-14(19-5)22-17(23-15(12)25)24-18-21-11(4)13(28-18)16(26)27-7-2/h6,9H,7-8H2,1-5H3,(H2,19,21,22,23,24)/b10-6+. The first kappa shape index (κ1) is 19.7. The van der Waals surface area contributed by atoms with Crippen LogP contribution in [0.4, 0.5) is 16.9 Å². The van der Waals surface area contributed by atoms with Gasteiger partial charge in [0.25, 0.3) is 0 Å². The van der Waals surface area contributed by atoms with E-state index in [4.69, 9.17) is 4.74 Å². The van der Waals surface area contributed by atoms with Crippen molar-refractivity contribution in [3.8, 4) is 0 Å². The lowest BCUT2D eigenvalue weighted by atomic mass is 10.3. The van der Waals surface area contributed by atoms with Crippen molar-refractivity contribution in [1.29, 1.82) is 0 Å². The Kier molecular flexibility index (Phi) is 5.88. The van der Waals surface area contributed by atoms with Crippen molar-refractivity contribution < 1.29 is 9.53 Å². The molecule has 2 N–H and O–H groups in total. The van der Waals surface area contributed by atoms with Gasteiger partial charge >= 0.3 is 5.97 Å². The topological polar surface area (TPSA) is 107 Å². The summed E-state index contributed by atoms with van der Waals surface area (Å²) in [6.07, 6.45) is 3.81. The molecule has 0 aliphatic heterocycles. The van der Waals surface area contributed by atoms with Gasteiger partial charge in [-0.15, -0.1) is 0 Å². The van der Waals surface area contributed by atoms with Gasteiger partial charge in [0.2, 0.25) is 5.95 Å². The number of fused-ring (bicyclic) bond motifs is 1. The van der Waals surface area contributed by atoms with Crippen molar-refractivity contribution in [2.24, 2.45) is 0 Å². The van der Waals surface area contributed by atoms with Crippen molar-refractivity contribution in [2.45, 2.75) is 34.2 Å². The molecule has 28 heavy (non-hydrogen) atoms. The molecule has 0 aromatic carbocycles. The molecule has 9 nitrogen and oxygen atoms in total. The molecule has 0 bridgehead atoms. The molecule has 0 amide bonds. The summed E-state index contributed by atoms with van der Waals surface area (Å²) < 4.78 is 7.03. The third-order valence-corrected chi connectivity index (χ3v) is 5.14. The molecule has 10 heteroatoms. The lowest BCUT2D eigenvalue weighted by Crippen LogP contribution is -2.05. The van der Waals surface area contributed by atoms with Crippen molar-refractivity contribution in [3.05, 3.63) is 28.5 Å². The minimum absolute atomic E-state index is 0.319. The first-order chi connectivity index (χ1) is 13.5. The first-order valence-corrected chi connectivity index (χ1v) is 9.72. The first-order valence-electron chi connectivity index (χ1n) is 8.90. The molecule has 0 aliphatic carbocycles. The highest BCUT2D eigenvalue weighted by Crippen LogP contribution is 2.27. The summed E-state index contributed by atoms with van der Waals surface area (Å²) in [5.41, 5.74) is 3.21. The van der Waals surface area contributed by atoms with Gasteiger partial charge in [0, 0.05) is 13.6 Å². The Balaban J connectivity index is 1.96. The number of aromatic nitrogens is 5. The maximum atomic E-state index is 12.0. The summed E-state index contributed by atoms with van der Waals surface area (Å²) in [4.78, 5) is 30.4. The quantitative estimate of drug-likeness (QED) is 0.457. The van der Waals surface area contributed by atoms with Gasteiger partial charge in [0.15, 0.2) is 22.1 Å². The van der Waals surface area contributed by atoms with E-state index in [1.165, 1.54) is 16.9 Å². The second-order valence-corrected chi connectivity index (χ2v) is 7.10. The van der Waals surface area contributed by atoms with Gasteiger partial charge in [-0.2, -0.15) is 9.97 Å². The van der Waals surface area contributed by atoms with E-state index in [1.807, 2.05) is 11.5 Å². The largest absolute Gasteiger partial charge is 0.462 e. The molecule has 0 radical (unpaired) electrons. The number of allylic oxidation sites excluding steroid dienone is 2. The lowest BCUT2D eigenvalue weighted by Gasteiger charge is -2.08.